The van der Waals surface area contributed by atoms with Crippen LogP contribution in [0.5, 0.6) is 0 Å². The number of anilines is 1. The van der Waals surface area contributed by atoms with Crippen LogP contribution in [0.1, 0.15) is 41.6 Å². The number of thiophene rings is 1. The van der Waals surface area contributed by atoms with Gasteiger partial charge in [0.15, 0.2) is 5.11 Å². The second kappa shape index (κ2) is 8.14. The lowest BCUT2D eigenvalue weighted by Gasteiger charge is -2.11. The van der Waals surface area contributed by atoms with Crippen LogP contribution in [0.15, 0.2) is 12.2 Å². The van der Waals surface area contributed by atoms with Crippen LogP contribution < -0.4 is 10.6 Å². The molecule has 1 rings (SSSR count). The number of carbonyl (C=O) groups excluding carboxylic acids is 1. The third-order valence-electron chi connectivity index (χ3n) is 2.82. The van der Waals surface area contributed by atoms with E-state index in [0.717, 1.165) is 27.4 Å². The van der Waals surface area contributed by atoms with Crippen LogP contribution in [0.3, 0.4) is 0 Å². The van der Waals surface area contributed by atoms with Crippen LogP contribution >= 0.6 is 23.6 Å². The van der Waals surface area contributed by atoms with E-state index < -0.39 is 0 Å². The summed E-state index contributed by atoms with van der Waals surface area (Å²) in [5, 5.41) is 7.37. The molecule has 0 bridgehead atoms. The summed E-state index contributed by atoms with van der Waals surface area (Å²) in [5.74, 6) is -0.302. The Hall–Kier alpha value is -1.40. The Kier molecular flexibility index (Phi) is 6.84. The third-order valence-corrected chi connectivity index (χ3v) is 4.13. The van der Waals surface area contributed by atoms with Crippen LogP contribution in [0.2, 0.25) is 0 Å². The molecule has 1 aromatic rings. The summed E-state index contributed by atoms with van der Waals surface area (Å²) < 4.78 is 5.15. The smallest absolute Gasteiger partial charge is 0.341 e. The molecule has 1 aromatic heterocycles. The molecule has 0 radical (unpaired) electrons. The Labute approximate surface area is 135 Å². The first-order chi connectivity index (χ1) is 9.90. The molecule has 0 aliphatic heterocycles. The number of esters is 1. The Morgan fingerprint density at radius 1 is 1.43 bits per heavy atom. The highest BCUT2D eigenvalue weighted by molar-refractivity contribution is 7.80. The number of thiocarbonyl (C=S) groups is 1. The fourth-order valence-electron chi connectivity index (χ4n) is 1.89. The van der Waals surface area contributed by atoms with Crippen molar-refractivity contribution >= 4 is 39.6 Å². The van der Waals surface area contributed by atoms with Gasteiger partial charge in [-0.25, -0.2) is 4.79 Å². The topological polar surface area (TPSA) is 50.4 Å². The quantitative estimate of drug-likeness (QED) is 0.475. The Morgan fingerprint density at radius 3 is 2.62 bits per heavy atom. The van der Waals surface area contributed by atoms with Gasteiger partial charge in [-0.05, 0) is 45.0 Å². The first-order valence-corrected chi connectivity index (χ1v) is 8.11. The molecular formula is C15H22N2O2S2. The van der Waals surface area contributed by atoms with E-state index in [0.29, 0.717) is 23.8 Å². The minimum Gasteiger partial charge on any atom is -0.462 e. The molecule has 0 amide bonds. The van der Waals surface area contributed by atoms with Gasteiger partial charge in [-0.1, -0.05) is 19.1 Å². The number of nitrogens with one attached hydrogen (secondary N) is 2. The zero-order valence-electron chi connectivity index (χ0n) is 13.0. The van der Waals surface area contributed by atoms with Crippen LogP contribution in [-0.2, 0) is 11.2 Å². The first kappa shape index (κ1) is 17.7. The highest BCUT2D eigenvalue weighted by Crippen LogP contribution is 2.34. The van der Waals surface area contributed by atoms with E-state index in [1.165, 1.54) is 11.3 Å². The van der Waals surface area contributed by atoms with Crippen molar-refractivity contribution < 1.29 is 9.53 Å². The number of ether oxygens (including phenoxy) is 1. The van der Waals surface area contributed by atoms with Crippen molar-refractivity contribution in [3.05, 3.63) is 28.2 Å². The van der Waals surface area contributed by atoms with Gasteiger partial charge in [-0.2, -0.15) is 0 Å². The summed E-state index contributed by atoms with van der Waals surface area (Å²) in [7, 11) is 0. The van der Waals surface area contributed by atoms with Crippen LogP contribution in [0.25, 0.3) is 0 Å². The van der Waals surface area contributed by atoms with Crippen LogP contribution in [0.4, 0.5) is 5.00 Å². The highest BCUT2D eigenvalue weighted by Gasteiger charge is 2.22. The molecular weight excluding hydrogens is 304 g/mol. The van der Waals surface area contributed by atoms with Crippen molar-refractivity contribution in [3.8, 4) is 0 Å². The maximum absolute atomic E-state index is 12.2. The molecule has 0 unspecified atom stereocenters. The first-order valence-electron chi connectivity index (χ1n) is 6.89. The molecule has 0 spiro atoms. The average molecular weight is 326 g/mol. The molecule has 0 aliphatic carbocycles. The molecule has 0 aromatic carbocycles. The SMILES string of the molecule is C=C(C)CNC(=S)Nc1sc(C)c(CC)c1C(=O)OCC. The summed E-state index contributed by atoms with van der Waals surface area (Å²) in [6.07, 6.45) is 0.782. The summed E-state index contributed by atoms with van der Waals surface area (Å²) in [5.41, 5.74) is 2.60. The van der Waals surface area contributed by atoms with Gasteiger partial charge in [0.05, 0.1) is 12.2 Å². The second-order valence-electron chi connectivity index (χ2n) is 4.68. The number of hydrogen-bond acceptors (Lipinski definition) is 4. The Bertz CT molecular complexity index is 550. The van der Waals surface area contributed by atoms with Crippen molar-refractivity contribution in [2.24, 2.45) is 0 Å². The number of aryl methyl sites for hydroxylation is 1. The van der Waals surface area contributed by atoms with E-state index in [-0.39, 0.29) is 5.97 Å². The molecule has 4 nitrogen and oxygen atoms in total. The zero-order valence-corrected chi connectivity index (χ0v) is 14.6. The largest absolute Gasteiger partial charge is 0.462 e. The summed E-state index contributed by atoms with van der Waals surface area (Å²) in [4.78, 5) is 13.3. The van der Waals surface area contributed by atoms with Crippen molar-refractivity contribution in [1.29, 1.82) is 0 Å². The van der Waals surface area contributed by atoms with Gasteiger partial charge in [0.2, 0.25) is 0 Å². The maximum Gasteiger partial charge on any atom is 0.341 e. The van der Waals surface area contributed by atoms with Gasteiger partial charge in [0.25, 0.3) is 0 Å². The fraction of sp³-hybridized carbons (Fsp3) is 0.467. The van der Waals surface area contributed by atoms with E-state index in [1.807, 2.05) is 20.8 Å². The number of carbonyl (C=O) groups is 1. The summed E-state index contributed by atoms with van der Waals surface area (Å²) in [6, 6.07) is 0. The van der Waals surface area contributed by atoms with E-state index in [2.05, 4.69) is 17.2 Å². The molecule has 0 fully saturated rings. The predicted molar refractivity (Wildman–Crippen MR) is 93.4 cm³/mol. The van der Waals surface area contributed by atoms with Crippen molar-refractivity contribution in [2.75, 3.05) is 18.5 Å². The van der Waals surface area contributed by atoms with Gasteiger partial charge >= 0.3 is 5.97 Å². The van der Waals surface area contributed by atoms with Crippen LogP contribution in [0, 0.1) is 6.92 Å². The van der Waals surface area contributed by atoms with E-state index in [4.69, 9.17) is 17.0 Å². The van der Waals surface area contributed by atoms with Gasteiger partial charge < -0.3 is 15.4 Å². The van der Waals surface area contributed by atoms with Crippen LogP contribution in [-0.4, -0.2) is 24.2 Å². The summed E-state index contributed by atoms with van der Waals surface area (Å²) >= 11 is 6.77. The van der Waals surface area contributed by atoms with Gasteiger partial charge in [0.1, 0.15) is 5.00 Å². The summed E-state index contributed by atoms with van der Waals surface area (Å²) in [6.45, 7) is 12.5. The highest BCUT2D eigenvalue weighted by atomic mass is 32.1. The predicted octanol–water partition coefficient (Wildman–Crippen LogP) is 3.66. The number of rotatable bonds is 6. The van der Waals surface area contributed by atoms with Crippen molar-refractivity contribution in [2.45, 2.75) is 34.1 Å². The molecule has 0 atom stereocenters. The fourth-order valence-corrected chi connectivity index (χ4v) is 3.27. The minimum atomic E-state index is -0.302. The molecule has 0 aliphatic rings. The molecule has 116 valence electrons. The lowest BCUT2D eigenvalue weighted by molar-refractivity contribution is 0.0527. The van der Waals surface area contributed by atoms with Gasteiger partial charge in [0, 0.05) is 11.4 Å². The lowest BCUT2D eigenvalue weighted by atomic mass is 10.1. The average Bonchev–Trinajstić information content (AvgIpc) is 2.72. The lowest BCUT2D eigenvalue weighted by Crippen LogP contribution is -2.29. The number of hydrogen-bond donors (Lipinski definition) is 2. The van der Waals surface area contributed by atoms with E-state index in [1.54, 1.807) is 6.92 Å². The minimum absolute atomic E-state index is 0.302. The third kappa shape index (κ3) is 4.82. The second-order valence-corrected chi connectivity index (χ2v) is 6.31. The Balaban J connectivity index is 2.98. The van der Waals surface area contributed by atoms with Gasteiger partial charge in [-0.15, -0.1) is 11.3 Å². The molecule has 1 heterocycles. The molecule has 21 heavy (non-hydrogen) atoms. The van der Waals surface area contributed by atoms with E-state index >= 15 is 0 Å². The molecule has 6 heteroatoms. The van der Waals surface area contributed by atoms with Crippen molar-refractivity contribution in [3.63, 3.8) is 0 Å². The molecule has 0 saturated heterocycles. The molecule has 2 N–H and O–H groups in total. The van der Waals surface area contributed by atoms with E-state index in [9.17, 15) is 4.79 Å². The monoisotopic (exact) mass is 326 g/mol. The van der Waals surface area contributed by atoms with Crippen molar-refractivity contribution in [1.82, 2.24) is 5.32 Å². The Morgan fingerprint density at radius 2 is 2.10 bits per heavy atom. The standard InChI is InChI=1S/C15H22N2O2S2/c1-6-11-10(5)21-13(12(11)14(18)19-7-2)17-15(20)16-8-9(3)4/h3,6-8H2,1-2,4-5H3,(H2,16,17,20). The maximum atomic E-state index is 12.2. The van der Waals surface area contributed by atoms with Gasteiger partial charge in [-0.3, -0.25) is 0 Å². The molecule has 0 saturated carbocycles. The zero-order chi connectivity index (χ0) is 16.0. The normalized spacial score (nSPS) is 10.1.